The van der Waals surface area contributed by atoms with Crippen molar-refractivity contribution < 1.29 is 19.3 Å². The van der Waals surface area contributed by atoms with E-state index in [-0.39, 0.29) is 11.5 Å². The molecule has 0 aromatic heterocycles. The SMILES string of the molecule is COc1cc(C=Nc2ccc(Br)cc2)ccc1Oc1ccc([N+](=O)[O-])cc1[N+](=O)[O-]. The molecule has 3 rings (SSSR count). The van der Waals surface area contributed by atoms with Crippen molar-refractivity contribution in [3.05, 3.63) is 90.9 Å². The van der Waals surface area contributed by atoms with Gasteiger partial charge in [0, 0.05) is 16.8 Å². The third-order valence-corrected chi connectivity index (χ3v) is 4.48. The van der Waals surface area contributed by atoms with Gasteiger partial charge in [0.2, 0.25) is 5.75 Å². The van der Waals surface area contributed by atoms with Crippen molar-refractivity contribution in [3.63, 3.8) is 0 Å². The summed E-state index contributed by atoms with van der Waals surface area (Å²) in [6, 6.07) is 15.6. The largest absolute Gasteiger partial charge is 0.493 e. The van der Waals surface area contributed by atoms with Crippen LogP contribution in [0.3, 0.4) is 0 Å². The van der Waals surface area contributed by atoms with Crippen LogP contribution in [0.15, 0.2) is 70.1 Å². The molecule has 0 radical (unpaired) electrons. The number of non-ortho nitro benzene ring substituents is 1. The van der Waals surface area contributed by atoms with E-state index in [4.69, 9.17) is 9.47 Å². The fourth-order valence-electron chi connectivity index (χ4n) is 2.49. The molecule has 3 aromatic carbocycles. The first-order valence-electron chi connectivity index (χ1n) is 8.46. The summed E-state index contributed by atoms with van der Waals surface area (Å²) in [5.74, 6) is 0.401. The fourth-order valence-corrected chi connectivity index (χ4v) is 2.76. The van der Waals surface area contributed by atoms with Crippen molar-refractivity contribution in [3.8, 4) is 17.2 Å². The predicted octanol–water partition coefficient (Wildman–Crippen LogP) is 5.82. The molecule has 0 aliphatic heterocycles. The molecule has 0 amide bonds. The Bertz CT molecular complexity index is 1130. The van der Waals surface area contributed by atoms with Crippen molar-refractivity contribution in [2.45, 2.75) is 0 Å². The third kappa shape index (κ3) is 4.97. The molecule has 3 aromatic rings. The summed E-state index contributed by atoms with van der Waals surface area (Å²) in [5, 5.41) is 22.2. The molecule has 0 aliphatic carbocycles. The van der Waals surface area contributed by atoms with Crippen molar-refractivity contribution in [1.82, 2.24) is 0 Å². The first kappa shape index (κ1) is 20.9. The highest BCUT2D eigenvalue weighted by atomic mass is 79.9. The minimum atomic E-state index is -0.742. The molecule has 0 heterocycles. The minimum absolute atomic E-state index is 0.139. The van der Waals surface area contributed by atoms with Crippen molar-refractivity contribution in [1.29, 1.82) is 0 Å². The van der Waals surface area contributed by atoms with Crippen LogP contribution in [0.4, 0.5) is 17.1 Å². The van der Waals surface area contributed by atoms with E-state index in [0.717, 1.165) is 27.9 Å². The van der Waals surface area contributed by atoms with Gasteiger partial charge >= 0.3 is 5.69 Å². The Kier molecular flexibility index (Phi) is 6.38. The zero-order valence-electron chi connectivity index (χ0n) is 15.5. The van der Waals surface area contributed by atoms with Crippen LogP contribution in [0, 0.1) is 20.2 Å². The minimum Gasteiger partial charge on any atom is -0.493 e. The summed E-state index contributed by atoms with van der Waals surface area (Å²) >= 11 is 3.36. The lowest BCUT2D eigenvalue weighted by Gasteiger charge is -2.11. The number of hydrogen-bond acceptors (Lipinski definition) is 7. The van der Waals surface area contributed by atoms with Gasteiger partial charge < -0.3 is 9.47 Å². The van der Waals surface area contributed by atoms with Crippen LogP contribution in [0.1, 0.15) is 5.56 Å². The lowest BCUT2D eigenvalue weighted by atomic mass is 10.2. The molecule has 0 unspecified atom stereocenters. The molecule has 30 heavy (non-hydrogen) atoms. The second kappa shape index (κ2) is 9.14. The number of nitro groups is 2. The molecule has 0 saturated heterocycles. The molecule has 0 saturated carbocycles. The van der Waals surface area contributed by atoms with Crippen LogP contribution in [0.5, 0.6) is 17.2 Å². The van der Waals surface area contributed by atoms with Crippen LogP contribution in [0.2, 0.25) is 0 Å². The number of methoxy groups -OCH3 is 1. The number of halogens is 1. The third-order valence-electron chi connectivity index (χ3n) is 3.95. The smallest absolute Gasteiger partial charge is 0.318 e. The summed E-state index contributed by atoms with van der Waals surface area (Å²) in [5.41, 5.74) is 0.562. The summed E-state index contributed by atoms with van der Waals surface area (Å²) in [7, 11) is 1.43. The Morgan fingerprint density at radius 1 is 0.900 bits per heavy atom. The van der Waals surface area contributed by atoms with Crippen molar-refractivity contribution in [2.24, 2.45) is 4.99 Å². The number of nitrogens with zero attached hydrogens (tertiary/aromatic N) is 3. The van der Waals surface area contributed by atoms with Crippen LogP contribution >= 0.6 is 15.9 Å². The molecular weight excluding hydrogens is 458 g/mol. The van der Waals surface area contributed by atoms with E-state index in [0.29, 0.717) is 5.75 Å². The highest BCUT2D eigenvalue weighted by Gasteiger charge is 2.22. The molecule has 0 bridgehead atoms. The maximum Gasteiger partial charge on any atom is 0.318 e. The van der Waals surface area contributed by atoms with Gasteiger partial charge in [-0.2, -0.15) is 0 Å². The van der Waals surface area contributed by atoms with E-state index in [9.17, 15) is 20.2 Å². The Morgan fingerprint density at radius 3 is 2.23 bits per heavy atom. The first-order valence-corrected chi connectivity index (χ1v) is 9.25. The second-order valence-corrected chi connectivity index (χ2v) is 6.83. The Hall–Kier alpha value is -3.79. The number of ether oxygens (including phenoxy) is 2. The number of nitro benzene ring substituents is 2. The average molecular weight is 472 g/mol. The molecule has 10 heteroatoms. The van der Waals surface area contributed by atoms with Crippen molar-refractivity contribution in [2.75, 3.05) is 7.11 Å². The Labute approximate surface area is 179 Å². The van der Waals surface area contributed by atoms with Gasteiger partial charge in [-0.1, -0.05) is 15.9 Å². The number of aliphatic imine (C=N–C) groups is 1. The normalized spacial score (nSPS) is 10.7. The average Bonchev–Trinajstić information content (AvgIpc) is 2.74. The first-order chi connectivity index (χ1) is 14.4. The van der Waals surface area contributed by atoms with E-state index >= 15 is 0 Å². The van der Waals surface area contributed by atoms with Gasteiger partial charge in [-0.25, -0.2) is 0 Å². The Balaban J connectivity index is 1.88. The maximum atomic E-state index is 11.3. The number of rotatable bonds is 7. The maximum absolute atomic E-state index is 11.3. The molecule has 9 nitrogen and oxygen atoms in total. The molecule has 152 valence electrons. The molecule has 0 aliphatic rings. The lowest BCUT2D eigenvalue weighted by molar-refractivity contribution is -0.394. The predicted molar refractivity (Wildman–Crippen MR) is 114 cm³/mol. The fraction of sp³-hybridized carbons (Fsp3) is 0.0500. The van der Waals surface area contributed by atoms with E-state index in [1.165, 1.54) is 13.2 Å². The van der Waals surface area contributed by atoms with E-state index < -0.39 is 21.2 Å². The summed E-state index contributed by atoms with van der Waals surface area (Å²) < 4.78 is 11.9. The number of benzene rings is 3. The van der Waals surface area contributed by atoms with E-state index in [2.05, 4.69) is 20.9 Å². The summed E-state index contributed by atoms with van der Waals surface area (Å²) in [4.78, 5) is 25.1. The highest BCUT2D eigenvalue weighted by molar-refractivity contribution is 9.10. The van der Waals surface area contributed by atoms with Gasteiger partial charge in [-0.3, -0.25) is 25.2 Å². The number of hydrogen-bond donors (Lipinski definition) is 0. The monoisotopic (exact) mass is 471 g/mol. The summed E-state index contributed by atoms with van der Waals surface area (Å²) in [6.45, 7) is 0. The highest BCUT2D eigenvalue weighted by Crippen LogP contribution is 2.38. The Morgan fingerprint density at radius 2 is 1.60 bits per heavy atom. The molecular formula is C20H14BrN3O6. The molecule has 0 N–H and O–H groups in total. The van der Waals surface area contributed by atoms with Gasteiger partial charge in [-0.15, -0.1) is 0 Å². The topological polar surface area (TPSA) is 117 Å². The van der Waals surface area contributed by atoms with Gasteiger partial charge in [0.15, 0.2) is 11.5 Å². The second-order valence-electron chi connectivity index (χ2n) is 5.91. The van der Waals surface area contributed by atoms with Gasteiger partial charge in [-0.05, 0) is 54.1 Å². The molecule has 0 atom stereocenters. The molecule has 0 spiro atoms. The van der Waals surface area contributed by atoms with E-state index in [1.54, 1.807) is 24.4 Å². The summed E-state index contributed by atoms with van der Waals surface area (Å²) in [6.07, 6.45) is 1.64. The zero-order valence-corrected chi connectivity index (χ0v) is 17.1. The van der Waals surface area contributed by atoms with E-state index in [1.807, 2.05) is 24.3 Å². The lowest BCUT2D eigenvalue weighted by Crippen LogP contribution is -1.97. The van der Waals surface area contributed by atoms with Crippen LogP contribution < -0.4 is 9.47 Å². The van der Waals surface area contributed by atoms with Crippen LogP contribution in [-0.4, -0.2) is 23.2 Å². The zero-order chi connectivity index (χ0) is 21.7. The van der Waals surface area contributed by atoms with Gasteiger partial charge in [0.1, 0.15) is 0 Å². The standard InChI is InChI=1S/C20H14BrN3O6/c1-29-20-10-13(12-22-15-5-3-14(21)4-6-15)2-8-19(20)30-18-9-7-16(23(25)26)11-17(18)24(27)28/h2-12H,1H3. The molecule has 0 fully saturated rings. The quantitative estimate of drug-likeness (QED) is 0.243. The van der Waals surface area contributed by atoms with Gasteiger partial charge in [0.05, 0.1) is 28.7 Å². The van der Waals surface area contributed by atoms with Crippen molar-refractivity contribution >= 4 is 39.2 Å². The van der Waals surface area contributed by atoms with Crippen LogP contribution in [0.25, 0.3) is 0 Å². The van der Waals surface area contributed by atoms with Crippen LogP contribution in [-0.2, 0) is 0 Å². The van der Waals surface area contributed by atoms with Gasteiger partial charge in [0.25, 0.3) is 5.69 Å².